The maximum atomic E-state index is 12.7. The first-order valence-electron chi connectivity index (χ1n) is 9.30. The molecular weight excluding hydrogens is 390 g/mol. The summed E-state index contributed by atoms with van der Waals surface area (Å²) in [5, 5.41) is 5.79. The Morgan fingerprint density at radius 1 is 1.07 bits per heavy atom. The predicted octanol–water partition coefficient (Wildman–Crippen LogP) is 4.33. The van der Waals surface area contributed by atoms with Crippen LogP contribution in [0.5, 0.6) is 5.75 Å². The van der Waals surface area contributed by atoms with Gasteiger partial charge in [0.25, 0.3) is 5.91 Å². The SMILES string of the molecule is CNC(=O)c1ccc(-c2cnc(C)nc2)cc1NCc1cc(C)ccc1OC(F)F. The normalized spacial score (nSPS) is 10.7. The minimum absolute atomic E-state index is 0.0904. The number of benzene rings is 2. The van der Waals surface area contributed by atoms with E-state index < -0.39 is 6.61 Å². The monoisotopic (exact) mass is 412 g/mol. The van der Waals surface area contributed by atoms with Crippen LogP contribution in [-0.4, -0.2) is 29.5 Å². The molecule has 0 fully saturated rings. The quantitative estimate of drug-likeness (QED) is 0.604. The summed E-state index contributed by atoms with van der Waals surface area (Å²) in [4.78, 5) is 20.7. The van der Waals surface area contributed by atoms with E-state index in [9.17, 15) is 13.6 Å². The number of anilines is 1. The zero-order valence-corrected chi connectivity index (χ0v) is 16.9. The number of halogens is 2. The van der Waals surface area contributed by atoms with E-state index in [2.05, 4.69) is 25.3 Å². The van der Waals surface area contributed by atoms with E-state index in [1.807, 2.05) is 19.1 Å². The second-order valence-corrected chi connectivity index (χ2v) is 6.70. The van der Waals surface area contributed by atoms with Crippen LogP contribution in [-0.2, 0) is 6.54 Å². The van der Waals surface area contributed by atoms with Crippen LogP contribution >= 0.6 is 0 Å². The molecule has 1 heterocycles. The molecule has 0 saturated carbocycles. The molecule has 1 amide bonds. The molecule has 0 bridgehead atoms. The van der Waals surface area contributed by atoms with Crippen LogP contribution < -0.4 is 15.4 Å². The van der Waals surface area contributed by atoms with Crippen molar-refractivity contribution in [3.05, 3.63) is 71.3 Å². The van der Waals surface area contributed by atoms with E-state index in [1.54, 1.807) is 44.6 Å². The van der Waals surface area contributed by atoms with Gasteiger partial charge in [0.15, 0.2) is 0 Å². The molecule has 0 aliphatic heterocycles. The Labute approximate surface area is 173 Å². The van der Waals surface area contributed by atoms with E-state index in [0.29, 0.717) is 22.6 Å². The number of rotatable bonds is 7. The third-order valence-corrected chi connectivity index (χ3v) is 4.51. The number of aryl methyl sites for hydroxylation is 2. The molecule has 156 valence electrons. The Kier molecular flexibility index (Phi) is 6.56. The Hall–Kier alpha value is -3.55. The molecule has 2 aromatic carbocycles. The van der Waals surface area contributed by atoms with Crippen LogP contribution in [0.15, 0.2) is 48.8 Å². The maximum Gasteiger partial charge on any atom is 0.387 e. The highest BCUT2D eigenvalue weighted by atomic mass is 19.3. The topological polar surface area (TPSA) is 76.1 Å². The molecule has 1 aromatic heterocycles. The molecule has 0 radical (unpaired) electrons. The van der Waals surface area contributed by atoms with Gasteiger partial charge in [0.2, 0.25) is 0 Å². The summed E-state index contributed by atoms with van der Waals surface area (Å²) in [5.74, 6) is 0.482. The largest absolute Gasteiger partial charge is 0.434 e. The van der Waals surface area contributed by atoms with Gasteiger partial charge in [-0.25, -0.2) is 9.97 Å². The zero-order valence-electron chi connectivity index (χ0n) is 16.9. The van der Waals surface area contributed by atoms with Crippen LogP contribution in [0.2, 0.25) is 0 Å². The maximum absolute atomic E-state index is 12.7. The van der Waals surface area contributed by atoms with E-state index in [-0.39, 0.29) is 18.2 Å². The van der Waals surface area contributed by atoms with Crippen molar-refractivity contribution in [3.8, 4) is 16.9 Å². The average molecular weight is 412 g/mol. The third-order valence-electron chi connectivity index (χ3n) is 4.51. The lowest BCUT2D eigenvalue weighted by molar-refractivity contribution is -0.0504. The van der Waals surface area contributed by atoms with Crippen LogP contribution in [0, 0.1) is 13.8 Å². The number of ether oxygens (including phenoxy) is 1. The van der Waals surface area contributed by atoms with Crippen molar-refractivity contribution in [2.45, 2.75) is 27.0 Å². The summed E-state index contributed by atoms with van der Waals surface area (Å²) < 4.78 is 30.1. The molecule has 3 aromatic rings. The number of hydrogen-bond donors (Lipinski definition) is 2. The molecule has 0 spiro atoms. The van der Waals surface area contributed by atoms with Crippen molar-refractivity contribution in [1.29, 1.82) is 0 Å². The third kappa shape index (κ3) is 5.08. The molecule has 2 N–H and O–H groups in total. The number of aromatic nitrogens is 2. The van der Waals surface area contributed by atoms with Gasteiger partial charge in [-0.05, 0) is 37.6 Å². The Bertz CT molecular complexity index is 1040. The lowest BCUT2D eigenvalue weighted by Gasteiger charge is -2.16. The molecule has 30 heavy (non-hydrogen) atoms. The number of alkyl halides is 2. The predicted molar refractivity (Wildman–Crippen MR) is 111 cm³/mol. The lowest BCUT2D eigenvalue weighted by atomic mass is 10.0. The number of hydrogen-bond acceptors (Lipinski definition) is 5. The Balaban J connectivity index is 1.94. The van der Waals surface area contributed by atoms with Crippen molar-refractivity contribution in [1.82, 2.24) is 15.3 Å². The molecular formula is C22H22F2N4O2. The van der Waals surface area contributed by atoms with Crippen LogP contribution in [0.4, 0.5) is 14.5 Å². The highest BCUT2D eigenvalue weighted by Crippen LogP contribution is 2.28. The van der Waals surface area contributed by atoms with Gasteiger partial charge in [0.1, 0.15) is 11.6 Å². The van der Waals surface area contributed by atoms with Crippen molar-refractivity contribution in [3.63, 3.8) is 0 Å². The molecule has 6 nitrogen and oxygen atoms in total. The fourth-order valence-electron chi connectivity index (χ4n) is 2.99. The smallest absolute Gasteiger partial charge is 0.387 e. The van der Waals surface area contributed by atoms with Gasteiger partial charge < -0.3 is 15.4 Å². The number of carbonyl (C=O) groups is 1. The minimum atomic E-state index is -2.92. The van der Waals surface area contributed by atoms with Gasteiger partial charge in [-0.1, -0.05) is 23.8 Å². The molecule has 0 saturated heterocycles. The Morgan fingerprint density at radius 2 is 1.80 bits per heavy atom. The summed E-state index contributed by atoms with van der Waals surface area (Å²) >= 11 is 0. The van der Waals surface area contributed by atoms with Gasteiger partial charge in [0, 0.05) is 42.8 Å². The first-order chi connectivity index (χ1) is 14.4. The van der Waals surface area contributed by atoms with Crippen LogP contribution in [0.25, 0.3) is 11.1 Å². The second kappa shape index (κ2) is 9.30. The van der Waals surface area contributed by atoms with Gasteiger partial charge >= 0.3 is 6.61 Å². The summed E-state index contributed by atoms with van der Waals surface area (Å²) in [6.07, 6.45) is 3.41. The van der Waals surface area contributed by atoms with Crippen molar-refractivity contribution >= 4 is 11.6 Å². The number of amides is 1. The van der Waals surface area contributed by atoms with E-state index in [1.165, 1.54) is 6.07 Å². The first-order valence-corrected chi connectivity index (χ1v) is 9.30. The van der Waals surface area contributed by atoms with Gasteiger partial charge in [0.05, 0.1) is 5.56 Å². The van der Waals surface area contributed by atoms with E-state index in [4.69, 9.17) is 0 Å². The summed E-state index contributed by atoms with van der Waals surface area (Å²) in [6.45, 7) is 0.940. The minimum Gasteiger partial charge on any atom is -0.434 e. The summed E-state index contributed by atoms with van der Waals surface area (Å²) in [5.41, 5.74) is 4.06. The fourth-order valence-corrected chi connectivity index (χ4v) is 2.99. The lowest BCUT2D eigenvalue weighted by Crippen LogP contribution is -2.19. The summed E-state index contributed by atoms with van der Waals surface area (Å²) in [6, 6.07) is 10.3. The van der Waals surface area contributed by atoms with Crippen molar-refractivity contribution in [2.24, 2.45) is 0 Å². The average Bonchev–Trinajstić information content (AvgIpc) is 2.73. The number of nitrogens with zero attached hydrogens (tertiary/aromatic N) is 2. The van der Waals surface area contributed by atoms with Crippen LogP contribution in [0.3, 0.4) is 0 Å². The van der Waals surface area contributed by atoms with Gasteiger partial charge in [-0.15, -0.1) is 0 Å². The van der Waals surface area contributed by atoms with E-state index in [0.717, 1.165) is 16.7 Å². The first kappa shape index (κ1) is 21.2. The van der Waals surface area contributed by atoms with Gasteiger partial charge in [-0.2, -0.15) is 8.78 Å². The highest BCUT2D eigenvalue weighted by Gasteiger charge is 2.14. The highest BCUT2D eigenvalue weighted by molar-refractivity contribution is 6.00. The van der Waals surface area contributed by atoms with Crippen molar-refractivity contribution in [2.75, 3.05) is 12.4 Å². The van der Waals surface area contributed by atoms with Gasteiger partial charge in [-0.3, -0.25) is 4.79 Å². The van der Waals surface area contributed by atoms with Crippen LogP contribution in [0.1, 0.15) is 27.3 Å². The zero-order chi connectivity index (χ0) is 21.7. The molecule has 0 aliphatic rings. The van der Waals surface area contributed by atoms with Crippen molar-refractivity contribution < 1.29 is 18.3 Å². The molecule has 3 rings (SSSR count). The Morgan fingerprint density at radius 3 is 2.47 bits per heavy atom. The van der Waals surface area contributed by atoms with E-state index >= 15 is 0 Å². The molecule has 0 unspecified atom stereocenters. The number of nitrogens with one attached hydrogen (secondary N) is 2. The fraction of sp³-hybridized carbons (Fsp3) is 0.227. The molecule has 0 atom stereocenters. The molecule has 0 aliphatic carbocycles. The molecule has 8 heteroatoms. The second-order valence-electron chi connectivity index (χ2n) is 6.70. The standard InChI is InChI=1S/C22H22F2N4O2/c1-13-4-7-20(30-22(23)24)16(8-13)10-28-19-9-15(5-6-18(19)21(29)25-3)17-11-26-14(2)27-12-17/h4-9,11-12,22,28H,10H2,1-3H3,(H,25,29). The summed E-state index contributed by atoms with van der Waals surface area (Å²) in [7, 11) is 1.54. The number of carbonyl (C=O) groups excluding carboxylic acids is 1.